The van der Waals surface area contributed by atoms with Crippen LogP contribution in [0.2, 0.25) is 0 Å². The van der Waals surface area contributed by atoms with E-state index in [0.717, 1.165) is 11.3 Å². The standard InChI is InChI=1S/C11H11NO2/c1-8-2-3-9(7-12-8)11-6-10(13)4-5-14-11/h2-5,7,11H,6H2,1H3. The molecule has 0 amide bonds. The molecule has 2 heterocycles. The van der Waals surface area contributed by atoms with Crippen LogP contribution in [0.25, 0.3) is 0 Å². The predicted octanol–water partition coefficient (Wildman–Crippen LogP) is 1.93. The van der Waals surface area contributed by atoms with Crippen molar-refractivity contribution in [3.05, 3.63) is 41.9 Å². The maximum Gasteiger partial charge on any atom is 0.162 e. The summed E-state index contributed by atoms with van der Waals surface area (Å²) in [6.07, 6.45) is 4.91. The summed E-state index contributed by atoms with van der Waals surface area (Å²) in [5.74, 6) is 0.0989. The van der Waals surface area contributed by atoms with Crippen LogP contribution in [-0.2, 0) is 9.53 Å². The van der Waals surface area contributed by atoms with E-state index in [1.165, 1.54) is 12.3 Å². The van der Waals surface area contributed by atoms with Crippen LogP contribution >= 0.6 is 0 Å². The maximum atomic E-state index is 11.1. The number of hydrogen-bond donors (Lipinski definition) is 0. The molecule has 0 saturated heterocycles. The lowest BCUT2D eigenvalue weighted by Crippen LogP contribution is -2.11. The number of allylic oxidation sites excluding steroid dienone is 1. The topological polar surface area (TPSA) is 39.2 Å². The highest BCUT2D eigenvalue weighted by Gasteiger charge is 2.18. The SMILES string of the molecule is Cc1ccc(C2CC(=O)C=CO2)cn1. The van der Waals surface area contributed by atoms with Crippen molar-refractivity contribution in [3.8, 4) is 0 Å². The first kappa shape index (κ1) is 8.94. The molecule has 0 bridgehead atoms. The molecule has 1 aliphatic rings. The van der Waals surface area contributed by atoms with Crippen LogP contribution in [0, 0.1) is 6.92 Å². The molecule has 3 nitrogen and oxygen atoms in total. The molecule has 2 rings (SSSR count). The lowest BCUT2D eigenvalue weighted by atomic mass is 10.0. The number of aryl methyl sites for hydroxylation is 1. The predicted molar refractivity (Wildman–Crippen MR) is 51.6 cm³/mol. The van der Waals surface area contributed by atoms with Gasteiger partial charge >= 0.3 is 0 Å². The number of carbonyl (C=O) groups is 1. The third kappa shape index (κ3) is 1.82. The molecule has 14 heavy (non-hydrogen) atoms. The Morgan fingerprint density at radius 2 is 2.36 bits per heavy atom. The summed E-state index contributed by atoms with van der Waals surface area (Å²) >= 11 is 0. The molecule has 0 spiro atoms. The molecule has 1 unspecified atom stereocenters. The van der Waals surface area contributed by atoms with Gasteiger partial charge in [-0.1, -0.05) is 6.07 Å². The smallest absolute Gasteiger partial charge is 0.162 e. The molecule has 0 saturated carbocycles. The van der Waals surface area contributed by atoms with E-state index >= 15 is 0 Å². The average Bonchev–Trinajstić information content (AvgIpc) is 2.19. The van der Waals surface area contributed by atoms with Gasteiger partial charge in [-0.15, -0.1) is 0 Å². The summed E-state index contributed by atoms with van der Waals surface area (Å²) < 4.78 is 5.33. The van der Waals surface area contributed by atoms with Gasteiger partial charge < -0.3 is 4.74 Å². The monoisotopic (exact) mass is 189 g/mol. The van der Waals surface area contributed by atoms with Gasteiger partial charge in [0.2, 0.25) is 0 Å². The van der Waals surface area contributed by atoms with E-state index in [1.807, 2.05) is 19.1 Å². The second-order valence-corrected chi connectivity index (χ2v) is 3.33. The largest absolute Gasteiger partial charge is 0.493 e. The molecule has 1 aromatic rings. The zero-order valence-corrected chi connectivity index (χ0v) is 7.93. The Morgan fingerprint density at radius 3 is 3.00 bits per heavy atom. The van der Waals surface area contributed by atoms with Crippen LogP contribution in [0.1, 0.15) is 23.8 Å². The summed E-state index contributed by atoms with van der Waals surface area (Å²) in [6, 6.07) is 3.86. The molecule has 72 valence electrons. The van der Waals surface area contributed by atoms with Crippen molar-refractivity contribution in [2.75, 3.05) is 0 Å². The highest BCUT2D eigenvalue weighted by atomic mass is 16.5. The first-order valence-corrected chi connectivity index (χ1v) is 4.53. The highest BCUT2D eigenvalue weighted by Crippen LogP contribution is 2.24. The van der Waals surface area contributed by atoms with Gasteiger partial charge in [-0.3, -0.25) is 9.78 Å². The molecule has 1 atom stereocenters. The van der Waals surface area contributed by atoms with Gasteiger partial charge in [0.15, 0.2) is 5.78 Å². The van der Waals surface area contributed by atoms with E-state index in [2.05, 4.69) is 4.98 Å². The number of aromatic nitrogens is 1. The maximum absolute atomic E-state index is 11.1. The van der Waals surface area contributed by atoms with Crippen LogP contribution in [-0.4, -0.2) is 10.8 Å². The Hall–Kier alpha value is -1.64. The lowest BCUT2D eigenvalue weighted by molar-refractivity contribution is -0.118. The Balaban J connectivity index is 2.19. The van der Waals surface area contributed by atoms with Gasteiger partial charge in [0.05, 0.1) is 12.7 Å². The van der Waals surface area contributed by atoms with Crippen LogP contribution < -0.4 is 0 Å². The van der Waals surface area contributed by atoms with Gasteiger partial charge in [0.25, 0.3) is 0 Å². The minimum atomic E-state index is -0.166. The molecule has 0 radical (unpaired) electrons. The van der Waals surface area contributed by atoms with Crippen molar-refractivity contribution in [2.45, 2.75) is 19.4 Å². The minimum absolute atomic E-state index is 0.0989. The van der Waals surface area contributed by atoms with E-state index in [0.29, 0.717) is 6.42 Å². The van der Waals surface area contributed by atoms with E-state index in [4.69, 9.17) is 4.74 Å². The molecule has 3 heteroatoms. The first-order chi connectivity index (χ1) is 6.75. The van der Waals surface area contributed by atoms with Crippen molar-refractivity contribution in [1.82, 2.24) is 4.98 Å². The van der Waals surface area contributed by atoms with Crippen LogP contribution in [0.3, 0.4) is 0 Å². The Bertz CT molecular complexity index is 367. The van der Waals surface area contributed by atoms with Gasteiger partial charge in [-0.05, 0) is 13.0 Å². The molecule has 1 aromatic heterocycles. The van der Waals surface area contributed by atoms with Crippen molar-refractivity contribution in [2.24, 2.45) is 0 Å². The van der Waals surface area contributed by atoms with Gasteiger partial charge in [0.1, 0.15) is 6.10 Å². The van der Waals surface area contributed by atoms with E-state index in [9.17, 15) is 4.79 Å². The summed E-state index contributed by atoms with van der Waals surface area (Å²) in [5.41, 5.74) is 1.92. The Kier molecular flexibility index (Phi) is 2.31. The fourth-order valence-corrected chi connectivity index (χ4v) is 1.38. The molecule has 0 aromatic carbocycles. The second kappa shape index (κ2) is 3.62. The molecule has 1 aliphatic heterocycles. The van der Waals surface area contributed by atoms with Gasteiger partial charge in [0, 0.05) is 23.5 Å². The van der Waals surface area contributed by atoms with Crippen molar-refractivity contribution in [3.63, 3.8) is 0 Å². The van der Waals surface area contributed by atoms with Crippen molar-refractivity contribution < 1.29 is 9.53 Å². The van der Waals surface area contributed by atoms with Crippen LogP contribution in [0.5, 0.6) is 0 Å². The summed E-state index contributed by atoms with van der Waals surface area (Å²) in [5, 5.41) is 0. The normalized spacial score (nSPS) is 20.6. The number of pyridine rings is 1. The van der Waals surface area contributed by atoms with E-state index in [1.54, 1.807) is 6.20 Å². The Labute approximate surface area is 82.4 Å². The van der Waals surface area contributed by atoms with Crippen LogP contribution in [0.15, 0.2) is 30.7 Å². The van der Waals surface area contributed by atoms with E-state index < -0.39 is 0 Å². The van der Waals surface area contributed by atoms with Gasteiger partial charge in [-0.25, -0.2) is 0 Å². The summed E-state index contributed by atoms with van der Waals surface area (Å²) in [6.45, 7) is 1.93. The Morgan fingerprint density at radius 1 is 1.50 bits per heavy atom. The van der Waals surface area contributed by atoms with Gasteiger partial charge in [-0.2, -0.15) is 0 Å². The van der Waals surface area contributed by atoms with Crippen molar-refractivity contribution in [1.29, 1.82) is 0 Å². The zero-order chi connectivity index (χ0) is 9.97. The number of hydrogen-bond acceptors (Lipinski definition) is 3. The van der Waals surface area contributed by atoms with Crippen molar-refractivity contribution >= 4 is 5.78 Å². The second-order valence-electron chi connectivity index (χ2n) is 3.33. The molecule has 0 N–H and O–H groups in total. The minimum Gasteiger partial charge on any atom is -0.493 e. The molecule has 0 fully saturated rings. The highest BCUT2D eigenvalue weighted by molar-refractivity contribution is 5.90. The first-order valence-electron chi connectivity index (χ1n) is 4.53. The molecule has 0 aliphatic carbocycles. The number of ether oxygens (including phenoxy) is 1. The quantitative estimate of drug-likeness (QED) is 0.677. The van der Waals surface area contributed by atoms with E-state index in [-0.39, 0.29) is 11.9 Å². The summed E-state index contributed by atoms with van der Waals surface area (Å²) in [4.78, 5) is 15.3. The zero-order valence-electron chi connectivity index (χ0n) is 7.93. The third-order valence-corrected chi connectivity index (χ3v) is 2.19. The lowest BCUT2D eigenvalue weighted by Gasteiger charge is -2.18. The molecular weight excluding hydrogens is 178 g/mol. The van der Waals surface area contributed by atoms with Crippen LogP contribution in [0.4, 0.5) is 0 Å². The number of nitrogens with zero attached hydrogens (tertiary/aromatic N) is 1. The summed E-state index contributed by atoms with van der Waals surface area (Å²) in [7, 11) is 0. The number of carbonyl (C=O) groups excluding carboxylic acids is 1. The average molecular weight is 189 g/mol. The fraction of sp³-hybridized carbons (Fsp3) is 0.273. The third-order valence-electron chi connectivity index (χ3n) is 2.19. The molecular formula is C11H11NO2. The number of ketones is 1. The fourth-order valence-electron chi connectivity index (χ4n) is 1.38. The number of rotatable bonds is 1.